The average Bonchev–Trinajstić information content (AvgIpc) is 2.29. The maximum Gasteiger partial charge on any atom is 0.313 e. The van der Waals surface area contributed by atoms with Gasteiger partial charge in [0.25, 0.3) is 0 Å². The second kappa shape index (κ2) is 7.48. The molecule has 0 radical (unpaired) electrons. The Morgan fingerprint density at radius 1 is 1.28 bits per heavy atom. The average molecular weight is 256 g/mol. The number of hydrogen-bond acceptors (Lipinski definition) is 5. The van der Waals surface area contributed by atoms with Crippen LogP contribution in [0.3, 0.4) is 0 Å². The molecule has 0 saturated carbocycles. The van der Waals surface area contributed by atoms with Crippen LogP contribution in [0.2, 0.25) is 0 Å². The van der Waals surface area contributed by atoms with Crippen molar-refractivity contribution in [2.45, 2.75) is 32.2 Å². The molecule has 5 heteroatoms. The normalized spacial score (nSPS) is 18.0. The molecule has 0 unspecified atom stereocenters. The van der Waals surface area contributed by atoms with Gasteiger partial charge in [-0.05, 0) is 33.9 Å². The molecule has 0 amide bonds. The summed E-state index contributed by atoms with van der Waals surface area (Å²) in [7, 11) is 4.18. The zero-order valence-corrected chi connectivity index (χ0v) is 11.6. The number of nitrogens with zero attached hydrogens (tertiary/aromatic N) is 2. The SMILES string of the molecule is CCOC(=O)CC(=O)CN1CCC(N(C)C)CC1. The Morgan fingerprint density at radius 3 is 2.39 bits per heavy atom. The van der Waals surface area contributed by atoms with E-state index in [1.165, 1.54) is 0 Å². The van der Waals surface area contributed by atoms with E-state index in [4.69, 9.17) is 4.74 Å². The molecular weight excluding hydrogens is 232 g/mol. The van der Waals surface area contributed by atoms with Gasteiger partial charge in [0.05, 0.1) is 13.2 Å². The van der Waals surface area contributed by atoms with Gasteiger partial charge in [-0.1, -0.05) is 0 Å². The van der Waals surface area contributed by atoms with E-state index in [0.717, 1.165) is 25.9 Å². The van der Waals surface area contributed by atoms with Crippen LogP contribution in [-0.4, -0.2) is 67.9 Å². The third-order valence-electron chi connectivity index (χ3n) is 3.33. The van der Waals surface area contributed by atoms with E-state index < -0.39 is 5.97 Å². The van der Waals surface area contributed by atoms with Crippen molar-refractivity contribution in [1.82, 2.24) is 9.80 Å². The molecule has 0 atom stereocenters. The largest absolute Gasteiger partial charge is 0.466 e. The third kappa shape index (κ3) is 5.14. The molecular formula is C13H24N2O3. The summed E-state index contributed by atoms with van der Waals surface area (Å²) in [6.45, 7) is 4.31. The topological polar surface area (TPSA) is 49.9 Å². The first kappa shape index (κ1) is 15.1. The Bertz CT molecular complexity index is 284. The highest BCUT2D eigenvalue weighted by Crippen LogP contribution is 2.13. The predicted molar refractivity (Wildman–Crippen MR) is 69.4 cm³/mol. The minimum atomic E-state index is -0.411. The molecule has 0 aliphatic carbocycles. The van der Waals surface area contributed by atoms with Gasteiger partial charge in [0.1, 0.15) is 6.42 Å². The highest BCUT2D eigenvalue weighted by atomic mass is 16.5. The lowest BCUT2D eigenvalue weighted by atomic mass is 10.0. The number of piperidine rings is 1. The van der Waals surface area contributed by atoms with E-state index >= 15 is 0 Å². The van der Waals surface area contributed by atoms with E-state index in [-0.39, 0.29) is 12.2 Å². The molecule has 0 aromatic heterocycles. The van der Waals surface area contributed by atoms with E-state index in [2.05, 4.69) is 23.9 Å². The van der Waals surface area contributed by atoms with Crippen LogP contribution in [0.4, 0.5) is 0 Å². The van der Waals surface area contributed by atoms with Gasteiger partial charge in [-0.2, -0.15) is 0 Å². The lowest BCUT2D eigenvalue weighted by Crippen LogP contribution is -2.43. The summed E-state index contributed by atoms with van der Waals surface area (Å²) in [5, 5.41) is 0. The van der Waals surface area contributed by atoms with Crippen molar-refractivity contribution < 1.29 is 14.3 Å². The molecule has 0 spiro atoms. The Morgan fingerprint density at radius 2 is 1.89 bits per heavy atom. The highest BCUT2D eigenvalue weighted by molar-refractivity contribution is 5.96. The molecule has 1 saturated heterocycles. The molecule has 0 N–H and O–H groups in total. The van der Waals surface area contributed by atoms with Crippen LogP contribution < -0.4 is 0 Å². The van der Waals surface area contributed by atoms with Gasteiger partial charge in [-0.15, -0.1) is 0 Å². The van der Waals surface area contributed by atoms with Crippen LogP contribution in [0.1, 0.15) is 26.2 Å². The highest BCUT2D eigenvalue weighted by Gasteiger charge is 2.22. The summed E-state index contributed by atoms with van der Waals surface area (Å²) in [5.41, 5.74) is 0. The fourth-order valence-corrected chi connectivity index (χ4v) is 2.27. The predicted octanol–water partition coefficient (Wildman–Crippen LogP) is 0.535. The molecule has 0 aromatic rings. The van der Waals surface area contributed by atoms with Crippen molar-refractivity contribution in [2.24, 2.45) is 0 Å². The van der Waals surface area contributed by atoms with Gasteiger partial charge in [0, 0.05) is 19.1 Å². The van der Waals surface area contributed by atoms with Gasteiger partial charge >= 0.3 is 5.97 Å². The number of likely N-dealkylation sites (tertiary alicyclic amines) is 1. The van der Waals surface area contributed by atoms with Gasteiger partial charge < -0.3 is 9.64 Å². The molecule has 1 heterocycles. The molecule has 0 bridgehead atoms. The summed E-state index contributed by atoms with van der Waals surface area (Å²) < 4.78 is 4.77. The number of ketones is 1. The maximum atomic E-state index is 11.7. The van der Waals surface area contributed by atoms with Gasteiger partial charge in [-0.3, -0.25) is 14.5 Å². The number of hydrogen-bond donors (Lipinski definition) is 0. The Labute approximate surface area is 109 Å². The standard InChI is InChI=1S/C13H24N2O3/c1-4-18-13(17)9-12(16)10-15-7-5-11(6-8-15)14(2)3/h11H,4-10H2,1-3H3. The zero-order chi connectivity index (χ0) is 13.5. The zero-order valence-electron chi connectivity index (χ0n) is 11.6. The van der Waals surface area contributed by atoms with Crippen molar-refractivity contribution >= 4 is 11.8 Å². The Hall–Kier alpha value is -0.940. The quantitative estimate of drug-likeness (QED) is 0.513. The third-order valence-corrected chi connectivity index (χ3v) is 3.33. The molecule has 0 aromatic carbocycles. The van der Waals surface area contributed by atoms with E-state index in [1.807, 2.05) is 0 Å². The summed E-state index contributed by atoms with van der Waals surface area (Å²) in [6, 6.07) is 0.612. The Balaban J connectivity index is 2.24. The monoisotopic (exact) mass is 256 g/mol. The number of esters is 1. The number of rotatable bonds is 6. The van der Waals surface area contributed by atoms with Crippen LogP contribution in [0.25, 0.3) is 0 Å². The van der Waals surface area contributed by atoms with E-state index in [0.29, 0.717) is 19.2 Å². The van der Waals surface area contributed by atoms with Crippen LogP contribution in [0.5, 0.6) is 0 Å². The molecule has 1 fully saturated rings. The lowest BCUT2D eigenvalue weighted by Gasteiger charge is -2.34. The van der Waals surface area contributed by atoms with Crippen molar-refractivity contribution in [1.29, 1.82) is 0 Å². The molecule has 18 heavy (non-hydrogen) atoms. The first-order valence-electron chi connectivity index (χ1n) is 6.59. The minimum absolute atomic E-state index is 0.0447. The van der Waals surface area contributed by atoms with Crippen molar-refractivity contribution in [3.8, 4) is 0 Å². The summed E-state index contributed by atoms with van der Waals surface area (Å²) in [5.74, 6) is -0.456. The van der Waals surface area contributed by atoms with Crippen LogP contribution in [0.15, 0.2) is 0 Å². The summed E-state index contributed by atoms with van der Waals surface area (Å²) in [4.78, 5) is 27.2. The maximum absolute atomic E-state index is 11.7. The molecule has 104 valence electrons. The van der Waals surface area contributed by atoms with Crippen molar-refractivity contribution in [3.63, 3.8) is 0 Å². The first-order valence-corrected chi connectivity index (χ1v) is 6.59. The smallest absolute Gasteiger partial charge is 0.313 e. The molecule has 1 aliphatic rings. The van der Waals surface area contributed by atoms with Gasteiger partial charge in [-0.25, -0.2) is 0 Å². The summed E-state index contributed by atoms with van der Waals surface area (Å²) >= 11 is 0. The second-order valence-corrected chi connectivity index (χ2v) is 4.99. The molecule has 5 nitrogen and oxygen atoms in total. The fourth-order valence-electron chi connectivity index (χ4n) is 2.27. The van der Waals surface area contributed by atoms with E-state index in [1.54, 1.807) is 6.92 Å². The van der Waals surface area contributed by atoms with E-state index in [9.17, 15) is 9.59 Å². The number of carbonyl (C=O) groups is 2. The molecule has 1 rings (SSSR count). The second-order valence-electron chi connectivity index (χ2n) is 4.99. The number of ether oxygens (including phenoxy) is 1. The van der Waals surface area contributed by atoms with Crippen LogP contribution >= 0.6 is 0 Å². The molecule has 1 aliphatic heterocycles. The van der Waals surface area contributed by atoms with Crippen LogP contribution in [-0.2, 0) is 14.3 Å². The number of carbonyl (C=O) groups excluding carboxylic acids is 2. The van der Waals surface area contributed by atoms with Gasteiger partial charge in [0.15, 0.2) is 5.78 Å². The lowest BCUT2D eigenvalue weighted by molar-refractivity contribution is -0.145. The van der Waals surface area contributed by atoms with Gasteiger partial charge in [0.2, 0.25) is 0 Å². The van der Waals surface area contributed by atoms with Crippen molar-refractivity contribution in [3.05, 3.63) is 0 Å². The number of Topliss-reactive ketones (excluding diaryl/α,β-unsaturated/α-hetero) is 1. The first-order chi connectivity index (χ1) is 8.52. The minimum Gasteiger partial charge on any atom is -0.466 e. The summed E-state index contributed by atoms with van der Waals surface area (Å²) in [6.07, 6.45) is 2.07. The Kier molecular flexibility index (Phi) is 6.29. The van der Waals surface area contributed by atoms with Crippen molar-refractivity contribution in [2.75, 3.05) is 40.3 Å². The fraction of sp³-hybridized carbons (Fsp3) is 0.846. The van der Waals surface area contributed by atoms with Crippen LogP contribution in [0, 0.1) is 0 Å².